The number of thioether (sulfide) groups is 1. The molecule has 7 heteroatoms. The van der Waals surface area contributed by atoms with Crippen LogP contribution in [0.15, 0.2) is 5.16 Å². The zero-order valence-electron chi connectivity index (χ0n) is 6.21. The van der Waals surface area contributed by atoms with E-state index in [2.05, 4.69) is 15.5 Å². The van der Waals surface area contributed by atoms with E-state index in [0.717, 1.165) is 0 Å². The minimum atomic E-state index is -0.00878. The van der Waals surface area contributed by atoms with E-state index in [1.165, 1.54) is 16.4 Å². The largest absolute Gasteiger partial charge is 0.394 e. The molecule has 1 aromatic rings. The molecule has 0 aliphatic heterocycles. The summed E-state index contributed by atoms with van der Waals surface area (Å²) in [6.45, 7) is 0.353. The molecule has 6 nitrogen and oxygen atoms in total. The van der Waals surface area contributed by atoms with E-state index in [9.17, 15) is 0 Å². The Morgan fingerprint density at radius 2 is 2.50 bits per heavy atom. The molecule has 0 radical (unpaired) electrons. The van der Waals surface area contributed by atoms with E-state index in [-0.39, 0.29) is 6.61 Å². The number of hydrogen-bond donors (Lipinski definition) is 1. The first kappa shape index (κ1) is 8.96. The van der Waals surface area contributed by atoms with Crippen molar-refractivity contribution in [2.45, 2.75) is 11.7 Å². The monoisotopic (exact) mass is 185 g/mol. The Kier molecular flexibility index (Phi) is 3.50. The van der Waals surface area contributed by atoms with Crippen molar-refractivity contribution in [1.29, 1.82) is 5.26 Å². The highest BCUT2D eigenvalue weighted by molar-refractivity contribution is 7.99. The van der Waals surface area contributed by atoms with E-state index < -0.39 is 0 Å². The summed E-state index contributed by atoms with van der Waals surface area (Å²) in [4.78, 5) is 0. The summed E-state index contributed by atoms with van der Waals surface area (Å²) in [7, 11) is 0. The minimum absolute atomic E-state index is 0.00878. The van der Waals surface area contributed by atoms with Crippen molar-refractivity contribution in [3.05, 3.63) is 0 Å². The number of aliphatic hydroxyl groups excluding tert-OH is 1. The van der Waals surface area contributed by atoms with Gasteiger partial charge in [-0.3, -0.25) is 0 Å². The second kappa shape index (κ2) is 4.69. The molecular weight excluding hydrogens is 178 g/mol. The van der Waals surface area contributed by atoms with Crippen molar-refractivity contribution >= 4 is 11.8 Å². The van der Waals surface area contributed by atoms with Crippen molar-refractivity contribution < 1.29 is 5.11 Å². The van der Waals surface area contributed by atoms with E-state index in [4.69, 9.17) is 10.4 Å². The van der Waals surface area contributed by atoms with Crippen molar-refractivity contribution in [3.63, 3.8) is 0 Å². The van der Waals surface area contributed by atoms with Gasteiger partial charge >= 0.3 is 0 Å². The van der Waals surface area contributed by atoms with Crippen molar-refractivity contribution in [1.82, 2.24) is 20.2 Å². The number of rotatable bonds is 4. The van der Waals surface area contributed by atoms with Gasteiger partial charge in [0, 0.05) is 0 Å². The Morgan fingerprint density at radius 1 is 1.67 bits per heavy atom. The number of nitrogens with zero attached hydrogens (tertiary/aromatic N) is 5. The zero-order valence-corrected chi connectivity index (χ0v) is 7.03. The number of aromatic nitrogens is 4. The summed E-state index contributed by atoms with van der Waals surface area (Å²) in [5, 5.41) is 28.2. The second-order valence-electron chi connectivity index (χ2n) is 1.85. The molecule has 0 unspecified atom stereocenters. The highest BCUT2D eigenvalue weighted by Gasteiger charge is 2.04. The molecule has 1 rings (SSSR count). The first-order valence-electron chi connectivity index (χ1n) is 3.25. The molecule has 0 aromatic carbocycles. The van der Waals surface area contributed by atoms with Gasteiger partial charge in [0.1, 0.15) is 0 Å². The fraction of sp³-hybridized carbons (Fsp3) is 0.600. The molecule has 0 aliphatic rings. The van der Waals surface area contributed by atoms with Gasteiger partial charge in [-0.05, 0) is 10.4 Å². The molecule has 0 spiro atoms. The van der Waals surface area contributed by atoms with Gasteiger partial charge in [0.05, 0.1) is 25.0 Å². The van der Waals surface area contributed by atoms with Gasteiger partial charge in [-0.15, -0.1) is 5.10 Å². The first-order chi connectivity index (χ1) is 5.88. The number of hydrogen-bond acceptors (Lipinski definition) is 6. The van der Waals surface area contributed by atoms with E-state index in [1.54, 1.807) is 0 Å². The smallest absolute Gasteiger partial charge is 0.210 e. The van der Waals surface area contributed by atoms with Gasteiger partial charge in [0.15, 0.2) is 0 Å². The molecule has 0 saturated carbocycles. The van der Waals surface area contributed by atoms with Gasteiger partial charge in [0.25, 0.3) is 0 Å². The summed E-state index contributed by atoms with van der Waals surface area (Å²) < 4.78 is 1.46. The SMILES string of the molecule is N#CCSc1nnnn1CCO. The summed E-state index contributed by atoms with van der Waals surface area (Å²) >= 11 is 1.25. The Labute approximate surface area is 73.2 Å². The molecule has 0 saturated heterocycles. The normalized spacial score (nSPS) is 9.67. The van der Waals surface area contributed by atoms with E-state index in [1.807, 2.05) is 6.07 Å². The van der Waals surface area contributed by atoms with E-state index >= 15 is 0 Å². The summed E-state index contributed by atoms with van der Waals surface area (Å²) in [6, 6.07) is 1.97. The highest BCUT2D eigenvalue weighted by Crippen LogP contribution is 2.11. The fourth-order valence-corrected chi connectivity index (χ4v) is 1.20. The van der Waals surface area contributed by atoms with Gasteiger partial charge in [-0.2, -0.15) is 5.26 Å². The molecule has 0 bridgehead atoms. The Hall–Kier alpha value is -1.13. The van der Waals surface area contributed by atoms with Gasteiger partial charge in [-0.1, -0.05) is 11.8 Å². The predicted octanol–water partition coefficient (Wildman–Crippen LogP) is -0.719. The van der Waals surface area contributed by atoms with Gasteiger partial charge in [-0.25, -0.2) is 4.68 Å². The standard InChI is InChI=1S/C5H7N5OS/c6-1-4-12-5-7-8-9-10(5)2-3-11/h11H,2-4H2. The maximum atomic E-state index is 8.60. The van der Waals surface area contributed by atoms with Crippen LogP contribution in [0.5, 0.6) is 0 Å². The average Bonchev–Trinajstić information content (AvgIpc) is 2.50. The van der Waals surface area contributed by atoms with Crippen LogP contribution in [0.25, 0.3) is 0 Å². The molecule has 1 heterocycles. The highest BCUT2D eigenvalue weighted by atomic mass is 32.2. The Balaban J connectivity index is 2.58. The number of aliphatic hydroxyl groups is 1. The third-order valence-electron chi connectivity index (χ3n) is 1.08. The Bertz CT molecular complexity index is 280. The number of tetrazole rings is 1. The lowest BCUT2D eigenvalue weighted by atomic mass is 10.7. The van der Waals surface area contributed by atoms with Crippen molar-refractivity contribution in [2.75, 3.05) is 12.4 Å². The Morgan fingerprint density at radius 3 is 3.17 bits per heavy atom. The minimum Gasteiger partial charge on any atom is -0.394 e. The second-order valence-corrected chi connectivity index (χ2v) is 2.80. The lowest BCUT2D eigenvalue weighted by Crippen LogP contribution is -2.05. The van der Waals surface area contributed by atoms with Crippen LogP contribution in [0.2, 0.25) is 0 Å². The topological polar surface area (TPSA) is 87.6 Å². The predicted molar refractivity (Wildman–Crippen MR) is 41.2 cm³/mol. The summed E-state index contributed by atoms with van der Waals surface area (Å²) in [6.07, 6.45) is 0. The molecule has 1 N–H and O–H groups in total. The molecule has 12 heavy (non-hydrogen) atoms. The lowest BCUT2D eigenvalue weighted by molar-refractivity contribution is 0.262. The number of nitriles is 1. The third-order valence-corrected chi connectivity index (χ3v) is 1.90. The molecule has 1 aromatic heterocycles. The van der Waals surface area contributed by atoms with Crippen LogP contribution in [-0.2, 0) is 6.54 Å². The molecule has 0 amide bonds. The lowest BCUT2D eigenvalue weighted by Gasteiger charge is -1.97. The summed E-state index contributed by atoms with van der Waals surface area (Å²) in [5.74, 6) is 0.311. The van der Waals surface area contributed by atoms with Crippen LogP contribution in [-0.4, -0.2) is 37.7 Å². The van der Waals surface area contributed by atoms with Gasteiger partial charge in [0.2, 0.25) is 5.16 Å². The maximum absolute atomic E-state index is 8.60. The summed E-state index contributed by atoms with van der Waals surface area (Å²) in [5.41, 5.74) is 0. The van der Waals surface area contributed by atoms with Crippen LogP contribution in [0, 0.1) is 11.3 Å². The van der Waals surface area contributed by atoms with Gasteiger partial charge < -0.3 is 5.11 Å². The van der Waals surface area contributed by atoms with Crippen LogP contribution in [0.3, 0.4) is 0 Å². The van der Waals surface area contributed by atoms with Crippen LogP contribution < -0.4 is 0 Å². The van der Waals surface area contributed by atoms with Crippen LogP contribution in [0.1, 0.15) is 0 Å². The molecular formula is C5H7N5OS. The van der Waals surface area contributed by atoms with E-state index in [0.29, 0.717) is 17.5 Å². The molecule has 0 atom stereocenters. The van der Waals surface area contributed by atoms with Crippen LogP contribution >= 0.6 is 11.8 Å². The third kappa shape index (κ3) is 2.18. The van der Waals surface area contributed by atoms with Crippen molar-refractivity contribution in [2.24, 2.45) is 0 Å². The quantitative estimate of drug-likeness (QED) is 0.623. The average molecular weight is 185 g/mol. The maximum Gasteiger partial charge on any atom is 0.210 e. The first-order valence-corrected chi connectivity index (χ1v) is 4.24. The molecule has 0 aliphatic carbocycles. The van der Waals surface area contributed by atoms with Crippen molar-refractivity contribution in [3.8, 4) is 6.07 Å². The fourth-order valence-electron chi connectivity index (χ4n) is 0.632. The molecule has 64 valence electrons. The molecule has 0 fully saturated rings. The zero-order chi connectivity index (χ0) is 8.81. The van der Waals surface area contributed by atoms with Crippen LogP contribution in [0.4, 0.5) is 0 Å².